The lowest BCUT2D eigenvalue weighted by Crippen LogP contribution is -2.18. The molecule has 0 unspecified atom stereocenters. The predicted molar refractivity (Wildman–Crippen MR) is 88.8 cm³/mol. The van der Waals surface area contributed by atoms with Crippen LogP contribution >= 0.6 is 0 Å². The van der Waals surface area contributed by atoms with Crippen LogP contribution in [-0.4, -0.2) is 22.5 Å². The number of aromatic nitrogens is 2. The molecule has 3 aromatic rings. The van der Waals surface area contributed by atoms with Gasteiger partial charge in [0.1, 0.15) is 12.4 Å². The average molecular weight is 307 g/mol. The fourth-order valence-corrected chi connectivity index (χ4v) is 2.20. The van der Waals surface area contributed by atoms with Crippen LogP contribution in [0.25, 0.3) is 11.4 Å². The largest absolute Gasteiger partial charge is 0.367 e. The van der Waals surface area contributed by atoms with Gasteiger partial charge in [0.25, 0.3) is 0 Å². The Balaban J connectivity index is 1.53. The molecule has 0 saturated carbocycles. The predicted octanol–water partition coefficient (Wildman–Crippen LogP) is 3.23. The maximum absolute atomic E-state index is 11.9. The molecule has 2 aromatic carbocycles. The molecular formula is C18H17N3O2. The van der Waals surface area contributed by atoms with Crippen LogP contribution in [0.4, 0.5) is 5.69 Å². The van der Waals surface area contributed by atoms with Crippen LogP contribution in [-0.2, 0) is 16.1 Å². The molecule has 1 heterocycles. The minimum atomic E-state index is -0.183. The number of anilines is 1. The Labute approximate surface area is 134 Å². The second-order valence-electron chi connectivity index (χ2n) is 5.05. The summed E-state index contributed by atoms with van der Waals surface area (Å²) in [6.07, 6.45) is 3.45. The molecule has 0 spiro atoms. The molecule has 5 nitrogen and oxygen atoms in total. The van der Waals surface area contributed by atoms with Gasteiger partial charge in [0.2, 0.25) is 5.91 Å². The minimum absolute atomic E-state index is 0.0138. The van der Waals surface area contributed by atoms with Crippen LogP contribution < -0.4 is 5.32 Å². The number of ether oxygens (including phenoxy) is 1. The number of H-pyrrole nitrogens is 1. The molecule has 0 radical (unpaired) electrons. The fourth-order valence-electron chi connectivity index (χ4n) is 2.20. The van der Waals surface area contributed by atoms with Crippen molar-refractivity contribution in [3.8, 4) is 11.4 Å². The summed E-state index contributed by atoms with van der Waals surface area (Å²) in [5.74, 6) is 0.582. The lowest BCUT2D eigenvalue weighted by Gasteiger charge is -2.07. The smallest absolute Gasteiger partial charge is 0.250 e. The molecule has 0 aliphatic heterocycles. The van der Waals surface area contributed by atoms with E-state index in [1.807, 2.05) is 54.6 Å². The molecule has 1 aromatic heterocycles. The van der Waals surface area contributed by atoms with Crippen molar-refractivity contribution in [2.45, 2.75) is 6.61 Å². The van der Waals surface area contributed by atoms with Crippen LogP contribution in [0, 0.1) is 0 Å². The number of nitrogens with one attached hydrogen (secondary N) is 2. The summed E-state index contributed by atoms with van der Waals surface area (Å²) in [7, 11) is 0. The molecule has 116 valence electrons. The van der Waals surface area contributed by atoms with Crippen molar-refractivity contribution in [3.63, 3.8) is 0 Å². The third-order valence-electron chi connectivity index (χ3n) is 3.26. The third kappa shape index (κ3) is 4.28. The van der Waals surface area contributed by atoms with E-state index in [1.54, 1.807) is 12.4 Å². The monoisotopic (exact) mass is 307 g/mol. The highest BCUT2D eigenvalue weighted by atomic mass is 16.5. The zero-order valence-corrected chi connectivity index (χ0v) is 12.5. The first-order valence-corrected chi connectivity index (χ1v) is 7.32. The van der Waals surface area contributed by atoms with Gasteiger partial charge in [-0.15, -0.1) is 0 Å². The number of carbonyl (C=O) groups is 1. The summed E-state index contributed by atoms with van der Waals surface area (Å²) in [6.45, 7) is 0.431. The van der Waals surface area contributed by atoms with Crippen molar-refractivity contribution >= 4 is 11.6 Å². The Morgan fingerprint density at radius 1 is 1.13 bits per heavy atom. The zero-order valence-electron chi connectivity index (χ0n) is 12.5. The Kier molecular flexibility index (Phi) is 4.81. The third-order valence-corrected chi connectivity index (χ3v) is 3.26. The number of amides is 1. The quantitative estimate of drug-likeness (QED) is 0.734. The Morgan fingerprint density at radius 3 is 2.78 bits per heavy atom. The van der Waals surface area contributed by atoms with Gasteiger partial charge in [-0.25, -0.2) is 4.98 Å². The molecular weight excluding hydrogens is 290 g/mol. The number of rotatable bonds is 6. The second-order valence-corrected chi connectivity index (χ2v) is 5.05. The number of nitrogens with zero attached hydrogens (tertiary/aromatic N) is 1. The van der Waals surface area contributed by atoms with E-state index < -0.39 is 0 Å². The SMILES string of the molecule is O=C(COCc1ccccc1)Nc1cccc(-c2ncc[nH]2)c1. The molecule has 2 N–H and O–H groups in total. The van der Waals surface area contributed by atoms with Crippen molar-refractivity contribution in [1.29, 1.82) is 0 Å². The lowest BCUT2D eigenvalue weighted by atomic mass is 10.2. The van der Waals surface area contributed by atoms with Crippen LogP contribution in [0.15, 0.2) is 67.0 Å². The van der Waals surface area contributed by atoms with Crippen molar-refractivity contribution in [2.24, 2.45) is 0 Å². The van der Waals surface area contributed by atoms with Crippen molar-refractivity contribution in [1.82, 2.24) is 9.97 Å². The number of hydrogen-bond donors (Lipinski definition) is 2. The Hall–Kier alpha value is -2.92. The van der Waals surface area contributed by atoms with Crippen LogP contribution in [0.2, 0.25) is 0 Å². The number of carbonyl (C=O) groups excluding carboxylic acids is 1. The maximum Gasteiger partial charge on any atom is 0.250 e. The van der Waals surface area contributed by atoms with E-state index in [1.165, 1.54) is 0 Å². The second kappa shape index (κ2) is 7.38. The van der Waals surface area contributed by atoms with E-state index in [2.05, 4.69) is 15.3 Å². The number of benzene rings is 2. The maximum atomic E-state index is 11.9. The van der Waals surface area contributed by atoms with E-state index in [-0.39, 0.29) is 12.5 Å². The van der Waals surface area contributed by atoms with Gasteiger partial charge in [0, 0.05) is 23.6 Å². The summed E-state index contributed by atoms with van der Waals surface area (Å²) in [6, 6.07) is 17.3. The number of hydrogen-bond acceptors (Lipinski definition) is 3. The van der Waals surface area contributed by atoms with Gasteiger partial charge in [-0.3, -0.25) is 4.79 Å². The highest BCUT2D eigenvalue weighted by molar-refractivity contribution is 5.92. The zero-order chi connectivity index (χ0) is 15.9. The topological polar surface area (TPSA) is 67.0 Å². The first-order valence-electron chi connectivity index (χ1n) is 7.32. The molecule has 0 fully saturated rings. The molecule has 0 saturated heterocycles. The highest BCUT2D eigenvalue weighted by Gasteiger charge is 2.05. The van der Waals surface area contributed by atoms with Gasteiger partial charge < -0.3 is 15.0 Å². The summed E-state index contributed by atoms with van der Waals surface area (Å²) in [5.41, 5.74) is 2.67. The molecule has 23 heavy (non-hydrogen) atoms. The van der Waals surface area contributed by atoms with Crippen molar-refractivity contribution in [3.05, 3.63) is 72.6 Å². The van der Waals surface area contributed by atoms with E-state index in [4.69, 9.17) is 4.74 Å². The number of aromatic amines is 1. The van der Waals surface area contributed by atoms with Gasteiger partial charge in [-0.1, -0.05) is 42.5 Å². The van der Waals surface area contributed by atoms with Gasteiger partial charge in [0.05, 0.1) is 6.61 Å². The summed E-state index contributed by atoms with van der Waals surface area (Å²) < 4.78 is 5.43. The van der Waals surface area contributed by atoms with E-state index >= 15 is 0 Å². The molecule has 0 atom stereocenters. The molecule has 3 rings (SSSR count). The molecule has 0 aliphatic rings. The molecule has 1 amide bonds. The van der Waals surface area contributed by atoms with E-state index in [0.29, 0.717) is 12.3 Å². The van der Waals surface area contributed by atoms with Crippen LogP contribution in [0.5, 0.6) is 0 Å². The lowest BCUT2D eigenvalue weighted by molar-refractivity contribution is -0.121. The van der Waals surface area contributed by atoms with Gasteiger partial charge >= 0.3 is 0 Å². The van der Waals surface area contributed by atoms with E-state index in [0.717, 1.165) is 17.0 Å². The minimum Gasteiger partial charge on any atom is -0.367 e. The van der Waals surface area contributed by atoms with Crippen LogP contribution in [0.1, 0.15) is 5.56 Å². The first-order chi connectivity index (χ1) is 11.3. The van der Waals surface area contributed by atoms with Crippen molar-refractivity contribution in [2.75, 3.05) is 11.9 Å². The normalized spacial score (nSPS) is 10.4. The van der Waals surface area contributed by atoms with Crippen LogP contribution in [0.3, 0.4) is 0 Å². The molecule has 0 aliphatic carbocycles. The average Bonchev–Trinajstić information content (AvgIpc) is 3.11. The van der Waals surface area contributed by atoms with Gasteiger partial charge in [-0.2, -0.15) is 0 Å². The van der Waals surface area contributed by atoms with Crippen molar-refractivity contribution < 1.29 is 9.53 Å². The summed E-state index contributed by atoms with van der Waals surface area (Å²) in [4.78, 5) is 19.2. The molecule has 5 heteroatoms. The molecule has 0 bridgehead atoms. The summed E-state index contributed by atoms with van der Waals surface area (Å²) >= 11 is 0. The fraction of sp³-hybridized carbons (Fsp3) is 0.111. The van der Waals surface area contributed by atoms with E-state index in [9.17, 15) is 4.79 Å². The standard InChI is InChI=1S/C18H17N3O2/c22-17(13-23-12-14-5-2-1-3-6-14)21-16-8-4-7-15(11-16)18-19-9-10-20-18/h1-11H,12-13H2,(H,19,20)(H,21,22). The van der Waals surface area contributed by atoms with Gasteiger partial charge in [-0.05, 0) is 17.7 Å². The first kappa shape index (κ1) is 15.0. The number of imidazole rings is 1. The Morgan fingerprint density at radius 2 is 2.00 bits per heavy atom. The summed E-state index contributed by atoms with van der Waals surface area (Å²) in [5, 5.41) is 2.82. The Bertz CT molecular complexity index is 755. The highest BCUT2D eigenvalue weighted by Crippen LogP contribution is 2.18. The van der Waals surface area contributed by atoms with Gasteiger partial charge in [0.15, 0.2) is 0 Å².